The summed E-state index contributed by atoms with van der Waals surface area (Å²) < 4.78 is 55.3. The summed E-state index contributed by atoms with van der Waals surface area (Å²) in [5, 5.41) is 3.62. The standard InChI is InChI=1S/C23H23ClF4N2/c1-14-8-9-16(25)11-18(14)22(2,3)12-20(23(26,27)28)29-13-15-10-21(24)30-19-7-5-4-6-17(15)19/h4-11,20,29H,12-13H2,1-3H3. The zero-order chi connectivity index (χ0) is 22.1. The molecule has 160 valence electrons. The molecule has 0 aliphatic carbocycles. The molecule has 1 atom stereocenters. The molecule has 2 nitrogen and oxygen atoms in total. The molecule has 0 radical (unpaired) electrons. The highest BCUT2D eigenvalue weighted by atomic mass is 35.5. The molecule has 0 spiro atoms. The molecule has 1 heterocycles. The molecule has 0 bridgehead atoms. The molecule has 3 rings (SSSR count). The van der Waals surface area contributed by atoms with Gasteiger partial charge in [-0.3, -0.25) is 0 Å². The maximum atomic E-state index is 13.9. The van der Waals surface area contributed by atoms with E-state index in [0.717, 1.165) is 10.9 Å². The topological polar surface area (TPSA) is 24.9 Å². The minimum absolute atomic E-state index is 0.0227. The van der Waals surface area contributed by atoms with Crippen molar-refractivity contribution in [1.29, 1.82) is 0 Å². The van der Waals surface area contributed by atoms with Crippen LogP contribution in [0.2, 0.25) is 5.15 Å². The molecule has 3 aromatic rings. The van der Waals surface area contributed by atoms with Gasteiger partial charge in [0.15, 0.2) is 0 Å². The summed E-state index contributed by atoms with van der Waals surface area (Å²) in [5.41, 5.74) is 1.70. The van der Waals surface area contributed by atoms with Gasteiger partial charge in [0, 0.05) is 11.9 Å². The molecule has 0 fully saturated rings. The smallest absolute Gasteiger partial charge is 0.302 e. The Kier molecular flexibility index (Phi) is 6.39. The van der Waals surface area contributed by atoms with Crippen LogP contribution >= 0.6 is 11.6 Å². The van der Waals surface area contributed by atoms with Crippen LogP contribution < -0.4 is 5.32 Å². The van der Waals surface area contributed by atoms with E-state index in [0.29, 0.717) is 16.6 Å². The molecule has 0 saturated heterocycles. The fourth-order valence-corrected chi connectivity index (χ4v) is 4.06. The van der Waals surface area contributed by atoms with Gasteiger partial charge in [-0.2, -0.15) is 13.2 Å². The number of fused-ring (bicyclic) bond motifs is 1. The third kappa shape index (κ3) is 5.10. The molecule has 0 amide bonds. The highest BCUT2D eigenvalue weighted by Gasteiger charge is 2.43. The van der Waals surface area contributed by atoms with Crippen molar-refractivity contribution in [1.82, 2.24) is 10.3 Å². The lowest BCUT2D eigenvalue weighted by Gasteiger charge is -2.33. The van der Waals surface area contributed by atoms with E-state index in [1.165, 1.54) is 12.1 Å². The summed E-state index contributed by atoms with van der Waals surface area (Å²) in [4.78, 5) is 4.21. The third-order valence-electron chi connectivity index (χ3n) is 5.35. The van der Waals surface area contributed by atoms with E-state index < -0.39 is 23.5 Å². The van der Waals surface area contributed by atoms with E-state index in [1.807, 2.05) is 0 Å². The summed E-state index contributed by atoms with van der Waals surface area (Å²) in [6, 6.07) is 11.2. The Morgan fingerprint density at radius 2 is 1.77 bits per heavy atom. The molecule has 0 aliphatic rings. The van der Waals surface area contributed by atoms with Crippen molar-refractivity contribution < 1.29 is 17.6 Å². The SMILES string of the molecule is Cc1ccc(F)cc1C(C)(C)CC(NCc1cc(Cl)nc2ccccc12)C(F)(F)F. The van der Waals surface area contributed by atoms with Gasteiger partial charge >= 0.3 is 6.18 Å². The van der Waals surface area contributed by atoms with Gasteiger partial charge in [-0.15, -0.1) is 0 Å². The van der Waals surface area contributed by atoms with Crippen molar-refractivity contribution in [3.8, 4) is 0 Å². The Morgan fingerprint density at radius 1 is 1.07 bits per heavy atom. The summed E-state index contributed by atoms with van der Waals surface area (Å²) in [7, 11) is 0. The van der Waals surface area contributed by atoms with E-state index >= 15 is 0 Å². The number of nitrogens with one attached hydrogen (secondary N) is 1. The number of hydrogen-bond donors (Lipinski definition) is 1. The Hall–Kier alpha value is -2.18. The van der Waals surface area contributed by atoms with Gasteiger partial charge in [-0.05, 0) is 59.7 Å². The maximum absolute atomic E-state index is 13.9. The van der Waals surface area contributed by atoms with Crippen molar-refractivity contribution in [3.05, 3.63) is 76.2 Å². The Labute approximate surface area is 178 Å². The summed E-state index contributed by atoms with van der Waals surface area (Å²) >= 11 is 6.05. The second-order valence-corrected chi connectivity index (χ2v) is 8.53. The molecule has 2 aromatic carbocycles. The molecular weight excluding hydrogens is 416 g/mol. The Morgan fingerprint density at radius 3 is 2.47 bits per heavy atom. The lowest BCUT2D eigenvalue weighted by molar-refractivity contribution is -0.160. The average molecular weight is 439 g/mol. The molecule has 0 saturated carbocycles. The minimum Gasteiger partial charge on any atom is -0.302 e. The fourth-order valence-electron chi connectivity index (χ4n) is 3.84. The molecule has 30 heavy (non-hydrogen) atoms. The van der Waals surface area contributed by atoms with Gasteiger partial charge in [-0.25, -0.2) is 9.37 Å². The van der Waals surface area contributed by atoms with Crippen molar-refractivity contribution in [2.24, 2.45) is 0 Å². The summed E-state index contributed by atoms with van der Waals surface area (Å²) in [6.45, 7) is 5.16. The third-order valence-corrected chi connectivity index (χ3v) is 5.54. The first kappa shape index (κ1) is 22.5. The van der Waals surface area contributed by atoms with Gasteiger partial charge in [0.1, 0.15) is 17.0 Å². The number of nitrogens with zero attached hydrogens (tertiary/aromatic N) is 1. The lowest BCUT2D eigenvalue weighted by atomic mass is 9.77. The van der Waals surface area contributed by atoms with E-state index in [-0.39, 0.29) is 18.1 Å². The molecular formula is C23H23ClF4N2. The molecule has 1 aromatic heterocycles. The number of benzene rings is 2. The quantitative estimate of drug-likeness (QED) is 0.341. The van der Waals surface area contributed by atoms with Gasteiger partial charge in [0.25, 0.3) is 0 Å². The lowest BCUT2D eigenvalue weighted by Crippen LogP contribution is -2.45. The number of para-hydroxylation sites is 1. The number of halogens is 5. The Balaban J connectivity index is 1.87. The molecule has 0 aliphatic heterocycles. The highest BCUT2D eigenvalue weighted by Crippen LogP contribution is 2.36. The van der Waals surface area contributed by atoms with Crippen LogP contribution in [-0.2, 0) is 12.0 Å². The zero-order valence-electron chi connectivity index (χ0n) is 16.9. The normalized spacial score (nSPS) is 13.6. The minimum atomic E-state index is -4.47. The monoisotopic (exact) mass is 438 g/mol. The average Bonchev–Trinajstić information content (AvgIpc) is 2.65. The first-order valence-electron chi connectivity index (χ1n) is 9.58. The van der Waals surface area contributed by atoms with Crippen molar-refractivity contribution in [2.75, 3.05) is 0 Å². The van der Waals surface area contributed by atoms with Crippen LogP contribution in [0.5, 0.6) is 0 Å². The van der Waals surface area contributed by atoms with E-state index in [1.54, 1.807) is 57.2 Å². The van der Waals surface area contributed by atoms with Crippen LogP contribution in [0.4, 0.5) is 17.6 Å². The first-order valence-corrected chi connectivity index (χ1v) is 9.96. The van der Waals surface area contributed by atoms with Crippen molar-refractivity contribution in [3.63, 3.8) is 0 Å². The largest absolute Gasteiger partial charge is 0.403 e. The van der Waals surface area contributed by atoms with E-state index in [9.17, 15) is 17.6 Å². The number of aromatic nitrogens is 1. The number of rotatable bonds is 6. The Bertz CT molecular complexity index is 1050. The number of hydrogen-bond acceptors (Lipinski definition) is 2. The van der Waals surface area contributed by atoms with Crippen molar-refractivity contribution in [2.45, 2.75) is 51.4 Å². The van der Waals surface area contributed by atoms with E-state index in [2.05, 4.69) is 10.3 Å². The molecule has 1 unspecified atom stereocenters. The predicted octanol–water partition coefficient (Wildman–Crippen LogP) is 6.72. The summed E-state index contributed by atoms with van der Waals surface area (Å²) in [5.74, 6) is -0.460. The van der Waals surface area contributed by atoms with Gasteiger partial charge in [0.2, 0.25) is 0 Å². The summed E-state index contributed by atoms with van der Waals surface area (Å²) in [6.07, 6.45) is -4.71. The second kappa shape index (κ2) is 8.52. The van der Waals surface area contributed by atoms with Crippen LogP contribution in [0.25, 0.3) is 10.9 Å². The number of aryl methyl sites for hydroxylation is 1. The molecule has 1 N–H and O–H groups in total. The molecule has 7 heteroatoms. The van der Waals surface area contributed by atoms with Crippen LogP contribution in [0.15, 0.2) is 48.5 Å². The van der Waals surface area contributed by atoms with Gasteiger partial charge in [-0.1, -0.05) is 49.7 Å². The van der Waals surface area contributed by atoms with Crippen LogP contribution in [0, 0.1) is 12.7 Å². The number of pyridine rings is 1. The predicted molar refractivity (Wildman–Crippen MR) is 112 cm³/mol. The second-order valence-electron chi connectivity index (χ2n) is 8.14. The fraction of sp³-hybridized carbons (Fsp3) is 0.348. The number of alkyl halides is 3. The maximum Gasteiger partial charge on any atom is 0.403 e. The zero-order valence-corrected chi connectivity index (χ0v) is 17.7. The first-order chi connectivity index (χ1) is 14.0. The van der Waals surface area contributed by atoms with Gasteiger partial charge in [0.05, 0.1) is 5.52 Å². The van der Waals surface area contributed by atoms with Crippen LogP contribution in [0.3, 0.4) is 0 Å². The van der Waals surface area contributed by atoms with Crippen LogP contribution in [-0.4, -0.2) is 17.2 Å². The highest BCUT2D eigenvalue weighted by molar-refractivity contribution is 6.29. The van der Waals surface area contributed by atoms with E-state index in [4.69, 9.17) is 11.6 Å². The van der Waals surface area contributed by atoms with Crippen molar-refractivity contribution >= 4 is 22.5 Å². The van der Waals surface area contributed by atoms with Gasteiger partial charge < -0.3 is 5.32 Å². The van der Waals surface area contributed by atoms with Crippen LogP contribution in [0.1, 0.15) is 37.0 Å².